The van der Waals surface area contributed by atoms with Gasteiger partial charge >= 0.3 is 0 Å². The normalized spacial score (nSPS) is 10.9. The molecule has 2 rings (SSSR count). The molecule has 2 aromatic rings. The number of thiocarbonyl (C=S) groups is 1. The first-order valence-electron chi connectivity index (χ1n) is 6.16. The third kappa shape index (κ3) is 3.39. The number of nitrogens with zero attached hydrogens (tertiary/aromatic N) is 2. The maximum absolute atomic E-state index is 5.78. The maximum atomic E-state index is 5.78. The molecule has 100 valence electrons. The van der Waals surface area contributed by atoms with Gasteiger partial charge in [-0.05, 0) is 26.2 Å². The van der Waals surface area contributed by atoms with Gasteiger partial charge in [-0.2, -0.15) is 0 Å². The minimum Gasteiger partial charge on any atom is -0.389 e. The molecule has 1 aromatic heterocycles. The standard InChI is InChI=1S/C14H18N4S/c1-18(2)8-7-16-14-11(13(15)19)9-10-5-3-4-6-12(10)17-14/h3-6,9H,7-8H2,1-2H3,(H2,15,19)(H,16,17). The minimum atomic E-state index is 0.366. The molecule has 19 heavy (non-hydrogen) atoms. The number of nitrogens with two attached hydrogens (primary N) is 1. The van der Waals surface area contributed by atoms with Crippen LogP contribution in [0.15, 0.2) is 30.3 Å². The molecule has 0 saturated carbocycles. The highest BCUT2D eigenvalue weighted by Gasteiger charge is 2.08. The number of rotatable bonds is 5. The summed E-state index contributed by atoms with van der Waals surface area (Å²) in [6, 6.07) is 9.93. The summed E-state index contributed by atoms with van der Waals surface area (Å²) in [6.45, 7) is 1.72. The molecule has 5 heteroatoms. The molecule has 0 atom stereocenters. The highest BCUT2D eigenvalue weighted by atomic mass is 32.1. The predicted molar refractivity (Wildman–Crippen MR) is 84.7 cm³/mol. The molecule has 0 radical (unpaired) electrons. The number of likely N-dealkylation sites (N-methyl/N-ethyl adjacent to an activating group) is 1. The van der Waals surface area contributed by atoms with Crippen molar-refractivity contribution in [1.29, 1.82) is 0 Å². The zero-order valence-corrected chi connectivity index (χ0v) is 12.0. The molecule has 0 aliphatic carbocycles. The number of hydrogen-bond donors (Lipinski definition) is 2. The van der Waals surface area contributed by atoms with Crippen LogP contribution in [-0.2, 0) is 0 Å². The van der Waals surface area contributed by atoms with Crippen LogP contribution in [0.5, 0.6) is 0 Å². The van der Waals surface area contributed by atoms with E-state index in [1.54, 1.807) is 0 Å². The van der Waals surface area contributed by atoms with Gasteiger partial charge in [0.1, 0.15) is 10.8 Å². The second-order valence-corrected chi connectivity index (χ2v) is 5.11. The Morgan fingerprint density at radius 2 is 2.11 bits per heavy atom. The number of benzene rings is 1. The molecule has 4 nitrogen and oxygen atoms in total. The van der Waals surface area contributed by atoms with Gasteiger partial charge in [-0.1, -0.05) is 30.4 Å². The largest absolute Gasteiger partial charge is 0.389 e. The summed E-state index contributed by atoms with van der Waals surface area (Å²) in [4.78, 5) is 7.07. The number of para-hydroxylation sites is 1. The lowest BCUT2D eigenvalue weighted by molar-refractivity contribution is 0.425. The number of hydrogen-bond acceptors (Lipinski definition) is 4. The highest BCUT2D eigenvalue weighted by molar-refractivity contribution is 7.80. The van der Waals surface area contributed by atoms with Gasteiger partial charge in [0, 0.05) is 18.5 Å². The van der Waals surface area contributed by atoms with Crippen LogP contribution in [0, 0.1) is 0 Å². The summed E-state index contributed by atoms with van der Waals surface area (Å²) in [5.74, 6) is 0.757. The van der Waals surface area contributed by atoms with Crippen molar-refractivity contribution >= 4 is 33.9 Å². The van der Waals surface area contributed by atoms with E-state index in [2.05, 4.69) is 15.2 Å². The average Bonchev–Trinajstić information content (AvgIpc) is 2.37. The molecule has 0 aliphatic heterocycles. The van der Waals surface area contributed by atoms with E-state index in [4.69, 9.17) is 18.0 Å². The Morgan fingerprint density at radius 3 is 2.79 bits per heavy atom. The van der Waals surface area contributed by atoms with Crippen LogP contribution in [0.2, 0.25) is 0 Å². The molecular formula is C14H18N4S. The lowest BCUT2D eigenvalue weighted by Gasteiger charge is -2.14. The van der Waals surface area contributed by atoms with Gasteiger partial charge in [0.05, 0.1) is 11.1 Å². The van der Waals surface area contributed by atoms with E-state index in [9.17, 15) is 0 Å². The Kier molecular flexibility index (Phi) is 4.29. The van der Waals surface area contributed by atoms with E-state index in [0.717, 1.165) is 35.4 Å². The summed E-state index contributed by atoms with van der Waals surface area (Å²) in [6.07, 6.45) is 0. The fraction of sp³-hybridized carbons (Fsp3) is 0.286. The fourth-order valence-electron chi connectivity index (χ4n) is 1.84. The topological polar surface area (TPSA) is 54.2 Å². The third-order valence-electron chi connectivity index (χ3n) is 2.84. The molecular weight excluding hydrogens is 256 g/mol. The SMILES string of the molecule is CN(C)CCNc1nc2ccccc2cc1C(N)=S. The van der Waals surface area contributed by atoms with Gasteiger partial charge in [0.15, 0.2) is 0 Å². The van der Waals surface area contributed by atoms with Crippen molar-refractivity contribution in [3.8, 4) is 0 Å². The fourth-order valence-corrected chi connectivity index (χ4v) is 1.99. The summed E-state index contributed by atoms with van der Waals surface area (Å²) in [5.41, 5.74) is 7.52. The molecule has 0 aliphatic rings. The third-order valence-corrected chi connectivity index (χ3v) is 3.06. The molecule has 0 amide bonds. The molecule has 1 heterocycles. The minimum absolute atomic E-state index is 0.366. The van der Waals surface area contributed by atoms with E-state index in [1.165, 1.54) is 0 Å². The summed E-state index contributed by atoms with van der Waals surface area (Å²) in [7, 11) is 4.06. The first kappa shape index (κ1) is 13.7. The van der Waals surface area contributed by atoms with Crippen molar-refractivity contribution in [2.75, 3.05) is 32.5 Å². The van der Waals surface area contributed by atoms with Gasteiger partial charge < -0.3 is 16.0 Å². The Morgan fingerprint density at radius 1 is 1.37 bits per heavy atom. The van der Waals surface area contributed by atoms with Crippen molar-refractivity contribution in [3.63, 3.8) is 0 Å². The van der Waals surface area contributed by atoms with Gasteiger partial charge in [-0.15, -0.1) is 0 Å². The molecule has 1 aromatic carbocycles. The first-order valence-corrected chi connectivity index (χ1v) is 6.57. The molecule has 0 bridgehead atoms. The monoisotopic (exact) mass is 274 g/mol. The Hall–Kier alpha value is -1.72. The average molecular weight is 274 g/mol. The summed E-state index contributed by atoms with van der Waals surface area (Å²) >= 11 is 5.10. The van der Waals surface area contributed by atoms with Crippen LogP contribution in [0.3, 0.4) is 0 Å². The Balaban J connectivity index is 2.33. The number of nitrogens with one attached hydrogen (secondary N) is 1. The maximum Gasteiger partial charge on any atom is 0.137 e. The molecule has 0 unspecified atom stereocenters. The molecule has 0 saturated heterocycles. The summed E-state index contributed by atoms with van der Waals surface area (Å²) in [5, 5.41) is 4.34. The van der Waals surface area contributed by atoms with Crippen LogP contribution < -0.4 is 11.1 Å². The van der Waals surface area contributed by atoms with Gasteiger partial charge in [-0.25, -0.2) is 4.98 Å². The van der Waals surface area contributed by atoms with Gasteiger partial charge in [0.25, 0.3) is 0 Å². The Labute approximate surface area is 118 Å². The van der Waals surface area contributed by atoms with Crippen LogP contribution in [0.1, 0.15) is 5.56 Å². The van der Waals surface area contributed by atoms with Crippen molar-refractivity contribution in [2.24, 2.45) is 5.73 Å². The smallest absolute Gasteiger partial charge is 0.137 e. The van der Waals surface area contributed by atoms with E-state index < -0.39 is 0 Å². The second kappa shape index (κ2) is 5.95. The highest BCUT2D eigenvalue weighted by Crippen LogP contribution is 2.20. The van der Waals surface area contributed by atoms with Crippen LogP contribution in [-0.4, -0.2) is 42.1 Å². The Bertz CT molecular complexity index is 595. The van der Waals surface area contributed by atoms with Crippen molar-refractivity contribution in [1.82, 2.24) is 9.88 Å². The zero-order valence-electron chi connectivity index (χ0n) is 11.2. The number of fused-ring (bicyclic) bond motifs is 1. The second-order valence-electron chi connectivity index (χ2n) is 4.67. The van der Waals surface area contributed by atoms with Gasteiger partial charge in [-0.3, -0.25) is 0 Å². The van der Waals surface area contributed by atoms with Crippen molar-refractivity contribution < 1.29 is 0 Å². The van der Waals surface area contributed by atoms with Crippen LogP contribution in [0.25, 0.3) is 10.9 Å². The zero-order chi connectivity index (χ0) is 13.8. The molecule has 0 spiro atoms. The van der Waals surface area contributed by atoms with E-state index >= 15 is 0 Å². The molecule has 3 N–H and O–H groups in total. The number of anilines is 1. The van der Waals surface area contributed by atoms with Crippen LogP contribution >= 0.6 is 12.2 Å². The quantitative estimate of drug-likeness (QED) is 0.815. The van der Waals surface area contributed by atoms with Crippen molar-refractivity contribution in [2.45, 2.75) is 0 Å². The summed E-state index contributed by atoms with van der Waals surface area (Å²) < 4.78 is 0. The van der Waals surface area contributed by atoms with Gasteiger partial charge in [0.2, 0.25) is 0 Å². The van der Waals surface area contributed by atoms with Crippen LogP contribution in [0.4, 0.5) is 5.82 Å². The van der Waals surface area contributed by atoms with E-state index in [1.807, 2.05) is 44.4 Å². The van der Waals surface area contributed by atoms with E-state index in [-0.39, 0.29) is 0 Å². The molecule has 0 fully saturated rings. The van der Waals surface area contributed by atoms with Crippen molar-refractivity contribution in [3.05, 3.63) is 35.9 Å². The lowest BCUT2D eigenvalue weighted by Crippen LogP contribution is -2.22. The number of aromatic nitrogens is 1. The first-order chi connectivity index (χ1) is 9.08. The van der Waals surface area contributed by atoms with E-state index in [0.29, 0.717) is 4.99 Å². The lowest BCUT2D eigenvalue weighted by atomic mass is 10.1. The number of pyridine rings is 1. The predicted octanol–water partition coefficient (Wildman–Crippen LogP) is 1.84.